The van der Waals surface area contributed by atoms with Crippen LogP contribution in [-0.4, -0.2) is 11.4 Å². The number of nitrogens with one attached hydrogen (secondary N) is 1. The lowest BCUT2D eigenvalue weighted by atomic mass is 9.47. The van der Waals surface area contributed by atoms with Crippen molar-refractivity contribution in [1.82, 2.24) is 5.32 Å². The van der Waals surface area contributed by atoms with Gasteiger partial charge in [0.2, 0.25) is 0 Å². The van der Waals surface area contributed by atoms with Crippen LogP contribution in [0.15, 0.2) is 17.5 Å². The van der Waals surface area contributed by atoms with Gasteiger partial charge in [0.05, 0.1) is 4.88 Å². The Morgan fingerprint density at radius 3 is 2.63 bits per heavy atom. The molecule has 2 atom stereocenters. The number of thiophene rings is 1. The Kier molecular flexibility index (Phi) is 2.42. The molecule has 4 aliphatic carbocycles. The monoisotopic (exact) mass is 275 g/mol. The van der Waals surface area contributed by atoms with Crippen molar-refractivity contribution in [3.05, 3.63) is 22.4 Å². The molecule has 0 spiro atoms. The third-order valence-electron chi connectivity index (χ3n) is 5.48. The lowest BCUT2D eigenvalue weighted by Gasteiger charge is -2.61. The number of amides is 1. The van der Waals surface area contributed by atoms with Crippen molar-refractivity contribution >= 4 is 17.2 Å². The first-order chi connectivity index (χ1) is 9.06. The zero-order chi connectivity index (χ0) is 13.1. The Morgan fingerprint density at radius 2 is 2.05 bits per heavy atom. The molecule has 0 aliphatic heterocycles. The van der Waals surface area contributed by atoms with Gasteiger partial charge in [-0.05, 0) is 67.2 Å². The third kappa shape index (κ3) is 1.94. The molecule has 0 aromatic carbocycles. The van der Waals surface area contributed by atoms with Crippen molar-refractivity contribution in [3.8, 4) is 0 Å². The summed E-state index contributed by atoms with van der Waals surface area (Å²) in [6, 6.07) is 3.89. The molecule has 102 valence electrons. The van der Waals surface area contributed by atoms with E-state index in [2.05, 4.69) is 12.2 Å². The zero-order valence-electron chi connectivity index (χ0n) is 11.4. The van der Waals surface area contributed by atoms with Crippen LogP contribution in [0.1, 0.15) is 55.1 Å². The van der Waals surface area contributed by atoms with E-state index in [-0.39, 0.29) is 11.4 Å². The van der Waals surface area contributed by atoms with E-state index in [4.69, 9.17) is 0 Å². The summed E-state index contributed by atoms with van der Waals surface area (Å²) >= 11 is 1.55. The molecule has 4 saturated carbocycles. The van der Waals surface area contributed by atoms with Crippen LogP contribution >= 0.6 is 11.3 Å². The van der Waals surface area contributed by atoms with E-state index >= 15 is 0 Å². The van der Waals surface area contributed by atoms with Gasteiger partial charge in [-0.2, -0.15) is 0 Å². The number of carbonyl (C=O) groups is 1. The molecule has 4 fully saturated rings. The number of hydrogen-bond acceptors (Lipinski definition) is 2. The molecule has 0 radical (unpaired) electrons. The van der Waals surface area contributed by atoms with Crippen LogP contribution in [-0.2, 0) is 0 Å². The minimum absolute atomic E-state index is 0.111. The van der Waals surface area contributed by atoms with Gasteiger partial charge < -0.3 is 5.32 Å². The van der Waals surface area contributed by atoms with Crippen LogP contribution in [0.4, 0.5) is 0 Å². The molecule has 4 aliphatic rings. The highest BCUT2D eigenvalue weighted by atomic mass is 32.1. The quantitative estimate of drug-likeness (QED) is 0.873. The van der Waals surface area contributed by atoms with Crippen LogP contribution in [0, 0.1) is 17.3 Å². The van der Waals surface area contributed by atoms with Gasteiger partial charge >= 0.3 is 0 Å². The summed E-state index contributed by atoms with van der Waals surface area (Å²) in [6.07, 6.45) is 7.82. The van der Waals surface area contributed by atoms with E-state index in [1.807, 2.05) is 17.5 Å². The number of hydrogen-bond donors (Lipinski definition) is 1. The molecular formula is C16H21NOS. The Morgan fingerprint density at radius 1 is 1.32 bits per heavy atom. The second kappa shape index (κ2) is 3.85. The normalized spacial score (nSPS) is 43.4. The van der Waals surface area contributed by atoms with Gasteiger partial charge in [0, 0.05) is 5.54 Å². The van der Waals surface area contributed by atoms with Crippen molar-refractivity contribution in [2.75, 3.05) is 0 Å². The largest absolute Gasteiger partial charge is 0.346 e. The maximum absolute atomic E-state index is 12.4. The van der Waals surface area contributed by atoms with E-state index < -0.39 is 0 Å². The van der Waals surface area contributed by atoms with Crippen molar-refractivity contribution in [2.45, 2.75) is 51.0 Å². The second-order valence-electron chi connectivity index (χ2n) is 7.48. The Balaban J connectivity index is 1.59. The molecule has 5 rings (SSSR count). The molecule has 19 heavy (non-hydrogen) atoms. The highest BCUT2D eigenvalue weighted by Crippen LogP contribution is 2.61. The van der Waals surface area contributed by atoms with E-state index in [0.717, 1.165) is 16.7 Å². The smallest absolute Gasteiger partial charge is 0.261 e. The standard InChI is InChI=1S/C16H21NOS/c1-15-6-11-5-12(7-15)9-16(8-11,10-15)17-14(18)13-3-2-4-19-13/h2-4,11-12H,5-10H2,1H3,(H,17,18). The predicted molar refractivity (Wildman–Crippen MR) is 77.3 cm³/mol. The first-order valence-corrected chi connectivity index (χ1v) is 8.30. The van der Waals surface area contributed by atoms with Gasteiger partial charge in [0.1, 0.15) is 0 Å². The molecule has 1 aromatic heterocycles. The zero-order valence-corrected chi connectivity index (χ0v) is 12.3. The van der Waals surface area contributed by atoms with Crippen molar-refractivity contribution in [2.24, 2.45) is 17.3 Å². The highest BCUT2D eigenvalue weighted by molar-refractivity contribution is 7.12. The van der Waals surface area contributed by atoms with Crippen molar-refractivity contribution in [3.63, 3.8) is 0 Å². The fraction of sp³-hybridized carbons (Fsp3) is 0.688. The summed E-state index contributed by atoms with van der Waals surface area (Å²) in [5, 5.41) is 5.41. The van der Waals surface area contributed by atoms with Crippen molar-refractivity contribution < 1.29 is 4.79 Å². The summed E-state index contributed by atoms with van der Waals surface area (Å²) in [5.74, 6) is 1.87. The van der Waals surface area contributed by atoms with Crippen LogP contribution < -0.4 is 5.32 Å². The first-order valence-electron chi connectivity index (χ1n) is 7.42. The van der Waals surface area contributed by atoms with Crippen molar-refractivity contribution in [1.29, 1.82) is 0 Å². The summed E-state index contributed by atoms with van der Waals surface area (Å²) in [7, 11) is 0. The number of carbonyl (C=O) groups excluding carboxylic acids is 1. The van der Waals surface area contributed by atoms with Crippen LogP contribution in [0.3, 0.4) is 0 Å². The van der Waals surface area contributed by atoms with E-state index in [1.54, 1.807) is 11.3 Å². The molecule has 1 N–H and O–H groups in total. The Hall–Kier alpha value is -0.830. The van der Waals surface area contributed by atoms with E-state index in [1.165, 1.54) is 38.5 Å². The molecule has 2 unspecified atom stereocenters. The summed E-state index contributed by atoms with van der Waals surface area (Å²) < 4.78 is 0. The van der Waals surface area contributed by atoms with E-state index in [0.29, 0.717) is 5.41 Å². The van der Waals surface area contributed by atoms with Crippen LogP contribution in [0.5, 0.6) is 0 Å². The molecule has 4 bridgehead atoms. The van der Waals surface area contributed by atoms with Gasteiger partial charge in [-0.15, -0.1) is 11.3 Å². The lowest BCUT2D eigenvalue weighted by Crippen LogP contribution is -2.62. The molecule has 2 nitrogen and oxygen atoms in total. The van der Waals surface area contributed by atoms with Gasteiger partial charge in [0.15, 0.2) is 0 Å². The summed E-state index contributed by atoms with van der Waals surface area (Å²) in [5.41, 5.74) is 0.604. The van der Waals surface area contributed by atoms with Gasteiger partial charge in [-0.1, -0.05) is 13.0 Å². The topological polar surface area (TPSA) is 29.1 Å². The Bertz CT molecular complexity index is 493. The van der Waals surface area contributed by atoms with Crippen LogP contribution in [0.2, 0.25) is 0 Å². The molecule has 0 saturated heterocycles. The number of rotatable bonds is 2. The SMILES string of the molecule is CC12CC3CC(C1)CC(NC(=O)c1cccs1)(C3)C2. The summed E-state index contributed by atoms with van der Waals surface area (Å²) in [6.45, 7) is 2.44. The van der Waals surface area contributed by atoms with E-state index in [9.17, 15) is 4.79 Å². The predicted octanol–water partition coefficient (Wildman–Crippen LogP) is 3.84. The maximum atomic E-state index is 12.4. The van der Waals surface area contributed by atoms with Crippen LogP contribution in [0.25, 0.3) is 0 Å². The second-order valence-corrected chi connectivity index (χ2v) is 8.43. The third-order valence-corrected chi connectivity index (χ3v) is 6.35. The molecule has 3 heteroatoms. The average Bonchev–Trinajstić information content (AvgIpc) is 2.77. The Labute approximate surface area is 118 Å². The molecule has 1 heterocycles. The molecular weight excluding hydrogens is 254 g/mol. The maximum Gasteiger partial charge on any atom is 0.261 e. The minimum Gasteiger partial charge on any atom is -0.346 e. The average molecular weight is 275 g/mol. The first kappa shape index (κ1) is 12.0. The summed E-state index contributed by atoms with van der Waals surface area (Å²) in [4.78, 5) is 13.3. The lowest BCUT2D eigenvalue weighted by molar-refractivity contribution is -0.0680. The van der Waals surface area contributed by atoms with Gasteiger partial charge in [-0.3, -0.25) is 4.79 Å². The molecule has 1 amide bonds. The highest BCUT2D eigenvalue weighted by Gasteiger charge is 2.56. The van der Waals surface area contributed by atoms with Gasteiger partial charge in [-0.25, -0.2) is 0 Å². The minimum atomic E-state index is 0.111. The van der Waals surface area contributed by atoms with Gasteiger partial charge in [0.25, 0.3) is 5.91 Å². The fourth-order valence-corrected chi connectivity index (χ4v) is 6.20. The fourth-order valence-electron chi connectivity index (χ4n) is 5.58. The molecule has 1 aromatic rings.